The highest BCUT2D eigenvalue weighted by Crippen LogP contribution is 2.37. The van der Waals surface area contributed by atoms with Crippen molar-refractivity contribution in [2.75, 3.05) is 134 Å². The number of carbonyl (C=O) groups is 3. The fourth-order valence-corrected chi connectivity index (χ4v) is 13.9. The van der Waals surface area contributed by atoms with E-state index in [1.54, 1.807) is 57.4 Å². The first kappa shape index (κ1) is 87.7. The Morgan fingerprint density at radius 3 is 0.972 bits per heavy atom. The van der Waals surface area contributed by atoms with Gasteiger partial charge in [-0.15, -0.1) is 0 Å². The lowest BCUT2D eigenvalue weighted by Crippen LogP contribution is -2.45. The number of esters is 2. The van der Waals surface area contributed by atoms with Crippen molar-refractivity contribution in [1.82, 2.24) is 43.4 Å². The summed E-state index contributed by atoms with van der Waals surface area (Å²) < 4.78 is 85.7. The molecular formula is C80H110N12O13S3. The normalized spacial score (nSPS) is 14.3. The van der Waals surface area contributed by atoms with Crippen molar-refractivity contribution in [3.05, 3.63) is 162 Å². The fraction of sp³-hybridized carbons (Fsp3) is 0.438. The van der Waals surface area contributed by atoms with Crippen molar-refractivity contribution in [2.45, 2.75) is 106 Å². The molecule has 0 atom stereocenters. The van der Waals surface area contributed by atoms with Gasteiger partial charge < -0.3 is 39.3 Å². The van der Waals surface area contributed by atoms with Crippen LogP contribution in [-0.4, -0.2) is 228 Å². The predicted molar refractivity (Wildman–Crippen MR) is 436 cm³/mol. The van der Waals surface area contributed by atoms with Crippen molar-refractivity contribution >= 4 is 98.3 Å². The Bertz CT molecular complexity index is 4730. The van der Waals surface area contributed by atoms with Crippen LogP contribution in [0.25, 0.3) is 66.9 Å². The van der Waals surface area contributed by atoms with Crippen molar-refractivity contribution in [2.24, 2.45) is 5.92 Å². The number of carboxylic acids is 1. The summed E-state index contributed by atoms with van der Waals surface area (Å²) in [5.74, 6) is 1.30. The molecule has 0 radical (unpaired) electrons. The van der Waals surface area contributed by atoms with Gasteiger partial charge in [-0.05, 0) is 119 Å². The second-order valence-corrected chi connectivity index (χ2v) is 32.2. The highest BCUT2D eigenvalue weighted by atomic mass is 32.2. The summed E-state index contributed by atoms with van der Waals surface area (Å²) in [5.41, 5.74) is 10.3. The number of aromatic nitrogens is 6. The van der Waals surface area contributed by atoms with E-state index in [4.69, 9.17) is 45.9 Å². The summed E-state index contributed by atoms with van der Waals surface area (Å²) in [6.45, 7) is 19.2. The van der Waals surface area contributed by atoms with Gasteiger partial charge in [0.2, 0.25) is 20.0 Å². The standard InChI is InChI=1S/C23H26N4O4S.C23H25N3O2.C22H24N4O4S.C6H15N.C2H6O2S.C2H6.CH4O.CH4/c1-26(32(3,29)30)18-11-13-27(14-12-18)22-21(16-7-5-4-6-8-16)24-19-10-9-17(23(28)31-2)15-20(19)25-22;1-3-16-11-13-26(14-12-16)22-21(17-7-5-4-6-8-17)24-19-10-9-18(23(27)28-2)15-20(19)25-22;1-25(31(2,29)30)17-10-12-26(13-11-17)21-20(15-6-4-3-5-7-15)23-18-9-8-16(22(27)28)14-19(18)24-21;1-4-7(5-2)6-3;1-5(2,3)4;2*1-2;/h4-10,15,18H,11-14H2,1-3H3;4-10,15-16H,3,11-14H2,1-2H3;3-9,14,17H,10-13H2,1-2H3,(H,27,28);4-6H2,1-3H3;1-2H3;1-2H3;2H,1H3;1H4/i;;;;;1D;;. The quantitative estimate of drug-likeness (QED) is 0.0800. The number of fused-ring (bicyclic) bond motifs is 3. The van der Waals surface area contributed by atoms with E-state index in [1.807, 2.05) is 84.9 Å². The van der Waals surface area contributed by atoms with Crippen molar-refractivity contribution in [1.29, 1.82) is 0 Å². The van der Waals surface area contributed by atoms with Crippen LogP contribution in [0.1, 0.15) is 126 Å². The van der Waals surface area contributed by atoms with Gasteiger partial charge in [-0.25, -0.2) is 78.2 Å². The van der Waals surface area contributed by atoms with Crippen LogP contribution in [0.2, 0.25) is 0 Å². The number of sulfonamides is 2. The first-order chi connectivity index (χ1) is 51.5. The molecule has 2 N–H and O–H groups in total. The Balaban J connectivity index is 0.000000263. The highest BCUT2D eigenvalue weighted by molar-refractivity contribution is 7.90. The smallest absolute Gasteiger partial charge is 0.337 e. The van der Waals surface area contributed by atoms with Gasteiger partial charge >= 0.3 is 17.9 Å². The number of hydrogen-bond acceptors (Lipinski definition) is 22. The van der Waals surface area contributed by atoms with Gasteiger partial charge in [0.25, 0.3) is 0 Å². The topological polar surface area (TPSA) is 309 Å². The first-order valence-corrected chi connectivity index (χ1v) is 41.7. The Hall–Kier alpha value is -9.16. The molecule has 0 bridgehead atoms. The predicted octanol–water partition coefficient (Wildman–Crippen LogP) is 12.8. The Morgan fingerprint density at radius 2 is 0.731 bits per heavy atom. The van der Waals surface area contributed by atoms with E-state index in [2.05, 4.69) is 59.4 Å². The van der Waals surface area contributed by atoms with Gasteiger partial charge in [-0.1, -0.05) is 146 Å². The number of aliphatic hydroxyl groups excluding tert-OH is 1. The van der Waals surface area contributed by atoms with Crippen LogP contribution in [0.3, 0.4) is 0 Å². The molecule has 28 heteroatoms. The third-order valence-electron chi connectivity index (χ3n) is 18.6. The lowest BCUT2D eigenvalue weighted by Gasteiger charge is -2.36. The Kier molecular flexibility index (Phi) is 34.6. The number of carboxylic acid groups (broad SMARTS) is 1. The molecule has 3 saturated heterocycles. The zero-order valence-electron chi connectivity index (χ0n) is 65.1. The van der Waals surface area contributed by atoms with E-state index in [0.717, 1.165) is 95.1 Å². The molecule has 0 saturated carbocycles. The first-order valence-electron chi connectivity index (χ1n) is 36.4. The van der Waals surface area contributed by atoms with E-state index in [1.165, 1.54) is 86.4 Å². The third kappa shape index (κ3) is 25.2. The number of sulfone groups is 1. The maximum atomic E-state index is 12.0. The molecule has 6 aromatic carbocycles. The summed E-state index contributed by atoms with van der Waals surface area (Å²) in [7, 11) is -2.16. The lowest BCUT2D eigenvalue weighted by atomic mass is 9.94. The second kappa shape index (κ2) is 42.6. The molecule has 3 aromatic heterocycles. The zero-order valence-corrected chi connectivity index (χ0v) is 66.5. The molecule has 3 aliphatic rings. The van der Waals surface area contributed by atoms with Gasteiger partial charge in [0.05, 0.1) is 76.5 Å². The van der Waals surface area contributed by atoms with Gasteiger partial charge in [0.15, 0.2) is 17.5 Å². The molecule has 586 valence electrons. The molecular weight excluding hydrogens is 1430 g/mol. The summed E-state index contributed by atoms with van der Waals surface area (Å²) in [5, 5.41) is 16.3. The molecule has 0 aliphatic carbocycles. The molecule has 12 rings (SSSR count). The summed E-state index contributed by atoms with van der Waals surface area (Å²) in [6.07, 6.45) is 11.1. The molecule has 0 amide bonds. The number of rotatable bonds is 17. The zero-order chi connectivity index (χ0) is 79.5. The van der Waals surface area contributed by atoms with Crippen LogP contribution < -0.4 is 14.7 Å². The minimum atomic E-state index is -3.25. The number of hydrogen-bond donors (Lipinski definition) is 2. The minimum Gasteiger partial charge on any atom is -0.478 e. The number of aromatic carboxylic acids is 1. The maximum Gasteiger partial charge on any atom is 0.337 e. The van der Waals surface area contributed by atoms with E-state index >= 15 is 0 Å². The van der Waals surface area contributed by atoms with Crippen LogP contribution in [0.15, 0.2) is 146 Å². The number of aliphatic hydroxyl groups is 1. The van der Waals surface area contributed by atoms with Crippen LogP contribution in [0, 0.1) is 5.92 Å². The van der Waals surface area contributed by atoms with Crippen molar-refractivity contribution in [3.63, 3.8) is 0 Å². The third-order valence-corrected chi connectivity index (χ3v) is 21.3. The number of carbonyl (C=O) groups excluding carboxylic acids is 2. The highest BCUT2D eigenvalue weighted by Gasteiger charge is 2.32. The van der Waals surface area contributed by atoms with Gasteiger partial charge in [-0.3, -0.25) is 0 Å². The molecule has 3 aliphatic heterocycles. The Morgan fingerprint density at radius 1 is 0.463 bits per heavy atom. The number of nitrogens with zero attached hydrogens (tertiary/aromatic N) is 12. The van der Waals surface area contributed by atoms with Crippen molar-refractivity contribution in [3.8, 4) is 33.8 Å². The van der Waals surface area contributed by atoms with E-state index < -0.39 is 41.8 Å². The fourth-order valence-electron chi connectivity index (χ4n) is 12.4. The average molecular weight is 1550 g/mol. The van der Waals surface area contributed by atoms with E-state index in [-0.39, 0.29) is 31.0 Å². The van der Waals surface area contributed by atoms with Gasteiger partial charge in [0, 0.05) is 103 Å². The van der Waals surface area contributed by atoms with Gasteiger partial charge in [0.1, 0.15) is 26.9 Å². The number of anilines is 3. The molecule has 25 nitrogen and oxygen atoms in total. The SMILES string of the molecule is C.CCC1CCN(c2nc3cc(C(=O)OC)ccc3nc2-c2ccccc2)CC1.CCN(CC)CC.CN(C1CCN(c2nc3cc(C(=O)O)ccc3nc2-c2ccccc2)CC1)S(C)(=O)=O.CO.COC(=O)c1ccc2nc(-c3ccccc3)c(N3CCC(N(C)S(C)(=O)=O)CC3)nc2c1.CS(C)(=O)=O.[2H]CC. The molecule has 6 heterocycles. The van der Waals surface area contributed by atoms with E-state index in [9.17, 15) is 44.7 Å². The summed E-state index contributed by atoms with van der Waals surface area (Å²) in [4.78, 5) is 73.5. The molecule has 3 fully saturated rings. The van der Waals surface area contributed by atoms with E-state index in [0.29, 0.717) is 97.8 Å². The van der Waals surface area contributed by atoms with Crippen LogP contribution in [0.5, 0.6) is 0 Å². The van der Waals surface area contributed by atoms with Gasteiger partial charge in [-0.2, -0.15) is 0 Å². The second-order valence-electron chi connectivity index (χ2n) is 25.8. The monoisotopic (exact) mass is 1540 g/mol. The molecule has 9 aromatic rings. The van der Waals surface area contributed by atoms with Crippen LogP contribution in [-0.2, 0) is 39.4 Å². The maximum absolute atomic E-state index is 12.0. The van der Waals surface area contributed by atoms with Crippen molar-refractivity contribution < 1.29 is 60.7 Å². The summed E-state index contributed by atoms with van der Waals surface area (Å²) >= 11 is 0. The largest absolute Gasteiger partial charge is 0.478 e. The van der Waals surface area contributed by atoms with Crippen LogP contribution in [0.4, 0.5) is 17.5 Å². The molecule has 108 heavy (non-hydrogen) atoms. The molecule has 0 spiro atoms. The average Bonchev–Trinajstić information content (AvgIpc) is 0.786. The lowest BCUT2D eigenvalue weighted by molar-refractivity contribution is 0.0592. The number of ether oxygens (including phenoxy) is 2. The molecule has 0 unspecified atom stereocenters. The Labute approximate surface area is 640 Å². The van der Waals surface area contributed by atoms with Crippen LogP contribution >= 0.6 is 0 Å². The number of benzene rings is 6. The minimum absolute atomic E-state index is 0. The number of piperidine rings is 3. The number of methoxy groups -OCH3 is 2. The summed E-state index contributed by atoms with van der Waals surface area (Å²) in [6, 6.07) is 44.9.